The van der Waals surface area contributed by atoms with E-state index in [9.17, 15) is 4.79 Å². The molecule has 1 amide bonds. The molecule has 0 unspecified atom stereocenters. The van der Waals surface area contributed by atoms with Gasteiger partial charge in [0.15, 0.2) is 0 Å². The topological polar surface area (TPSA) is 66.3 Å². The van der Waals surface area contributed by atoms with Gasteiger partial charge in [-0.2, -0.15) is 0 Å². The van der Waals surface area contributed by atoms with E-state index in [1.165, 1.54) is 5.56 Å². The molecule has 6 heteroatoms. The molecule has 3 aromatic heterocycles. The number of para-hydroxylation sites is 1. The Morgan fingerprint density at radius 1 is 1.06 bits per heavy atom. The van der Waals surface area contributed by atoms with Crippen LogP contribution in [0, 0.1) is 6.92 Å². The summed E-state index contributed by atoms with van der Waals surface area (Å²) in [6.45, 7) is 3.42. The molecule has 5 aromatic rings. The Kier molecular flexibility index (Phi) is 3.93. The van der Waals surface area contributed by atoms with E-state index >= 15 is 0 Å². The van der Waals surface area contributed by atoms with Crippen molar-refractivity contribution in [2.24, 2.45) is 0 Å². The van der Waals surface area contributed by atoms with Crippen molar-refractivity contribution in [1.82, 2.24) is 24.3 Å². The highest BCUT2D eigenvalue weighted by molar-refractivity contribution is 5.98. The molecule has 1 N–H and O–H groups in total. The maximum atomic E-state index is 12.9. The summed E-state index contributed by atoms with van der Waals surface area (Å²) in [4.78, 5) is 27.4. The second-order valence-corrected chi connectivity index (χ2v) is 8.14. The molecule has 1 aliphatic rings. The number of carbonyl (C=O) groups excluding carboxylic acids is 1. The van der Waals surface area contributed by atoms with E-state index in [1.807, 2.05) is 66.0 Å². The summed E-state index contributed by atoms with van der Waals surface area (Å²) in [6.07, 6.45) is 5.68. The van der Waals surface area contributed by atoms with Crippen LogP contribution in [0.4, 0.5) is 0 Å². The van der Waals surface area contributed by atoms with Crippen molar-refractivity contribution < 1.29 is 4.79 Å². The molecule has 152 valence electrons. The van der Waals surface area contributed by atoms with Crippen LogP contribution in [0.1, 0.15) is 27.8 Å². The van der Waals surface area contributed by atoms with Gasteiger partial charge >= 0.3 is 0 Å². The minimum absolute atomic E-state index is 0.0376. The van der Waals surface area contributed by atoms with Gasteiger partial charge in [-0.05, 0) is 24.6 Å². The standard InChI is InChI=1S/C25H21N5O/c1-16-6-2-4-8-19(16)23-22-13-27-24(30(22)11-10-26-23)18-14-29(15-18)25(31)21-12-17-7-3-5-9-20(17)28-21/h2-13,18,28H,14-15H2,1H3. The van der Waals surface area contributed by atoms with Gasteiger partial charge in [-0.1, -0.05) is 42.5 Å². The van der Waals surface area contributed by atoms with Gasteiger partial charge in [-0.15, -0.1) is 0 Å². The normalized spacial score (nSPS) is 14.3. The number of hydrogen-bond donors (Lipinski definition) is 1. The van der Waals surface area contributed by atoms with Crippen LogP contribution in [-0.4, -0.2) is 43.2 Å². The van der Waals surface area contributed by atoms with Crippen LogP contribution < -0.4 is 0 Å². The molecule has 1 saturated heterocycles. The number of carbonyl (C=O) groups is 1. The Morgan fingerprint density at radius 3 is 2.71 bits per heavy atom. The largest absolute Gasteiger partial charge is 0.351 e. The van der Waals surface area contributed by atoms with Crippen molar-refractivity contribution in [3.8, 4) is 11.3 Å². The fourth-order valence-corrected chi connectivity index (χ4v) is 4.46. The molecule has 1 aliphatic heterocycles. The van der Waals surface area contributed by atoms with Crippen molar-refractivity contribution in [1.29, 1.82) is 0 Å². The minimum Gasteiger partial charge on any atom is -0.351 e. The zero-order valence-electron chi connectivity index (χ0n) is 17.1. The van der Waals surface area contributed by atoms with Crippen molar-refractivity contribution in [2.45, 2.75) is 12.8 Å². The summed E-state index contributed by atoms with van der Waals surface area (Å²) < 4.78 is 2.12. The summed E-state index contributed by atoms with van der Waals surface area (Å²) in [5.74, 6) is 1.23. The first-order valence-electron chi connectivity index (χ1n) is 10.4. The zero-order valence-corrected chi connectivity index (χ0v) is 17.1. The van der Waals surface area contributed by atoms with Gasteiger partial charge < -0.3 is 9.88 Å². The van der Waals surface area contributed by atoms with Crippen LogP contribution in [0.25, 0.3) is 27.7 Å². The van der Waals surface area contributed by atoms with Crippen LogP contribution >= 0.6 is 0 Å². The number of aromatic amines is 1. The molecular weight excluding hydrogens is 386 g/mol. The second kappa shape index (κ2) is 6.80. The first kappa shape index (κ1) is 17.9. The number of rotatable bonds is 3. The van der Waals surface area contributed by atoms with E-state index in [0.717, 1.165) is 33.5 Å². The maximum absolute atomic E-state index is 12.9. The molecule has 0 bridgehead atoms. The smallest absolute Gasteiger partial charge is 0.270 e. The first-order valence-corrected chi connectivity index (χ1v) is 10.4. The fourth-order valence-electron chi connectivity index (χ4n) is 4.46. The highest BCUT2D eigenvalue weighted by Crippen LogP contribution is 2.31. The molecule has 0 radical (unpaired) electrons. The van der Waals surface area contributed by atoms with Gasteiger partial charge in [0.1, 0.15) is 11.5 Å². The number of fused-ring (bicyclic) bond motifs is 2. The number of hydrogen-bond acceptors (Lipinski definition) is 3. The number of nitrogens with zero attached hydrogens (tertiary/aromatic N) is 4. The lowest BCUT2D eigenvalue weighted by molar-refractivity contribution is 0.0589. The highest BCUT2D eigenvalue weighted by Gasteiger charge is 2.35. The molecule has 31 heavy (non-hydrogen) atoms. The molecule has 2 aromatic carbocycles. The molecule has 6 rings (SSSR count). The average Bonchev–Trinajstić information content (AvgIpc) is 3.38. The quantitative estimate of drug-likeness (QED) is 0.481. The third-order valence-electron chi connectivity index (χ3n) is 6.18. The zero-order chi connectivity index (χ0) is 20.9. The number of imidazole rings is 1. The third kappa shape index (κ3) is 2.83. The average molecular weight is 407 g/mol. The fraction of sp³-hybridized carbons (Fsp3) is 0.160. The Hall–Kier alpha value is -3.93. The second-order valence-electron chi connectivity index (χ2n) is 8.14. The first-order chi connectivity index (χ1) is 15.2. The van der Waals surface area contributed by atoms with E-state index in [1.54, 1.807) is 0 Å². The summed E-state index contributed by atoms with van der Waals surface area (Å²) in [5.41, 5.74) is 5.85. The van der Waals surface area contributed by atoms with Gasteiger partial charge in [-0.3, -0.25) is 14.2 Å². The lowest BCUT2D eigenvalue weighted by Gasteiger charge is -2.38. The number of amides is 1. The number of H-pyrrole nitrogens is 1. The summed E-state index contributed by atoms with van der Waals surface area (Å²) >= 11 is 0. The predicted molar refractivity (Wildman–Crippen MR) is 120 cm³/mol. The Bertz CT molecular complexity index is 1410. The molecule has 0 atom stereocenters. The molecule has 6 nitrogen and oxygen atoms in total. The highest BCUT2D eigenvalue weighted by atomic mass is 16.2. The minimum atomic E-state index is 0.0376. The van der Waals surface area contributed by atoms with E-state index < -0.39 is 0 Å². The van der Waals surface area contributed by atoms with Gasteiger partial charge in [-0.25, -0.2) is 4.98 Å². The Labute approximate surface area is 179 Å². The molecule has 1 fully saturated rings. The summed E-state index contributed by atoms with van der Waals surface area (Å²) in [5, 5.41) is 1.05. The number of aromatic nitrogens is 4. The van der Waals surface area contributed by atoms with Crippen LogP contribution in [0.5, 0.6) is 0 Å². The maximum Gasteiger partial charge on any atom is 0.270 e. The van der Waals surface area contributed by atoms with Gasteiger partial charge in [0.25, 0.3) is 5.91 Å². The van der Waals surface area contributed by atoms with Crippen molar-refractivity contribution in [2.75, 3.05) is 13.1 Å². The van der Waals surface area contributed by atoms with Crippen LogP contribution in [0.2, 0.25) is 0 Å². The lowest BCUT2D eigenvalue weighted by atomic mass is 9.98. The third-order valence-corrected chi connectivity index (χ3v) is 6.18. The predicted octanol–water partition coefficient (Wildman–Crippen LogP) is 4.43. The lowest BCUT2D eigenvalue weighted by Crippen LogP contribution is -2.49. The van der Waals surface area contributed by atoms with E-state index in [-0.39, 0.29) is 11.8 Å². The molecule has 0 spiro atoms. The molecule has 4 heterocycles. The SMILES string of the molecule is Cc1ccccc1-c1nccn2c(C3CN(C(=O)c4cc5ccccc5[nH]4)C3)ncc12. The Morgan fingerprint density at radius 2 is 1.87 bits per heavy atom. The van der Waals surface area contributed by atoms with Crippen molar-refractivity contribution in [3.63, 3.8) is 0 Å². The van der Waals surface area contributed by atoms with Crippen LogP contribution in [0.15, 0.2) is 73.2 Å². The molecular formula is C25H21N5O. The van der Waals surface area contributed by atoms with Gasteiger partial charge in [0.05, 0.1) is 23.3 Å². The number of nitrogens with one attached hydrogen (secondary N) is 1. The number of benzene rings is 2. The molecule has 0 saturated carbocycles. The van der Waals surface area contributed by atoms with Crippen molar-refractivity contribution in [3.05, 3.63) is 90.3 Å². The van der Waals surface area contributed by atoms with Gasteiger partial charge in [0, 0.05) is 41.9 Å². The molecule has 0 aliphatic carbocycles. The van der Waals surface area contributed by atoms with Crippen molar-refractivity contribution >= 4 is 22.3 Å². The van der Waals surface area contributed by atoms with Crippen LogP contribution in [-0.2, 0) is 0 Å². The monoisotopic (exact) mass is 407 g/mol. The van der Waals surface area contributed by atoms with E-state index in [4.69, 9.17) is 4.98 Å². The number of aryl methyl sites for hydroxylation is 1. The number of likely N-dealkylation sites (tertiary alicyclic amines) is 1. The van der Waals surface area contributed by atoms with Crippen LogP contribution in [0.3, 0.4) is 0 Å². The Balaban J connectivity index is 1.26. The van der Waals surface area contributed by atoms with Gasteiger partial charge in [0.2, 0.25) is 0 Å². The van der Waals surface area contributed by atoms with E-state index in [0.29, 0.717) is 18.8 Å². The summed E-state index contributed by atoms with van der Waals surface area (Å²) in [7, 11) is 0. The van der Waals surface area contributed by atoms with E-state index in [2.05, 4.69) is 33.4 Å². The summed E-state index contributed by atoms with van der Waals surface area (Å²) in [6, 6.07) is 18.1.